The number of nitrogens with one attached hydrogen (secondary N) is 1. The number of nitrogens with two attached hydrogens (primary N) is 1. The van der Waals surface area contributed by atoms with Crippen LogP contribution in [0.3, 0.4) is 0 Å². The molecule has 3 N–H and O–H groups in total. The van der Waals surface area contributed by atoms with Gasteiger partial charge in [-0.25, -0.2) is 4.98 Å². The minimum Gasteiger partial charge on any atom is -0.346 e. The van der Waals surface area contributed by atoms with Gasteiger partial charge in [-0.2, -0.15) is 0 Å². The summed E-state index contributed by atoms with van der Waals surface area (Å²) < 4.78 is 2.17. The highest BCUT2D eigenvalue weighted by Gasteiger charge is 2.26. The van der Waals surface area contributed by atoms with E-state index in [0.29, 0.717) is 6.54 Å². The number of amides is 2. The Kier molecular flexibility index (Phi) is 10.8. The Morgan fingerprint density at radius 2 is 2.08 bits per heavy atom. The quantitative estimate of drug-likeness (QED) is 0.747. The van der Waals surface area contributed by atoms with E-state index in [4.69, 9.17) is 5.73 Å². The zero-order valence-corrected chi connectivity index (χ0v) is 17.3. The summed E-state index contributed by atoms with van der Waals surface area (Å²) in [7, 11) is 0. The van der Waals surface area contributed by atoms with Crippen LogP contribution in [0.2, 0.25) is 0 Å². The maximum absolute atomic E-state index is 12.4. The summed E-state index contributed by atoms with van der Waals surface area (Å²) in [5.41, 5.74) is 5.80. The number of imidazole rings is 1. The van der Waals surface area contributed by atoms with E-state index < -0.39 is 6.04 Å². The van der Waals surface area contributed by atoms with Gasteiger partial charge in [-0.15, -0.1) is 24.8 Å². The van der Waals surface area contributed by atoms with Crippen molar-refractivity contribution in [2.75, 3.05) is 19.6 Å². The first kappa shape index (κ1) is 24.7. The molecule has 7 nitrogen and oxygen atoms in total. The SMILES string of the molecule is CCc1nccn1C1CCCN(C(=O)CNC(=O)[C@@H](N)C(C)C)C1.Cl.Cl. The molecule has 0 aliphatic carbocycles. The van der Waals surface area contributed by atoms with Crippen molar-refractivity contribution in [3.63, 3.8) is 0 Å². The van der Waals surface area contributed by atoms with Crippen LogP contribution in [0.25, 0.3) is 0 Å². The number of nitrogens with zero attached hydrogens (tertiary/aromatic N) is 3. The van der Waals surface area contributed by atoms with E-state index in [2.05, 4.69) is 21.8 Å². The standard InChI is InChI=1S/C17H29N5O2.2ClH/c1-4-14-19-7-9-22(14)13-6-5-8-21(11-13)15(23)10-20-17(24)16(18)12(2)3;;/h7,9,12-13,16H,4-6,8,10-11,18H2,1-3H3,(H,20,24);2*1H/t13?,16-;;/m0../s1. The average Bonchev–Trinajstić information content (AvgIpc) is 3.07. The molecular weight excluding hydrogens is 377 g/mol. The van der Waals surface area contributed by atoms with Crippen molar-refractivity contribution in [3.05, 3.63) is 18.2 Å². The molecule has 1 unspecified atom stereocenters. The van der Waals surface area contributed by atoms with Gasteiger partial charge in [0.05, 0.1) is 18.6 Å². The molecule has 0 radical (unpaired) electrons. The lowest BCUT2D eigenvalue weighted by Gasteiger charge is -2.34. The number of piperidine rings is 1. The third-order valence-electron chi connectivity index (χ3n) is 4.64. The van der Waals surface area contributed by atoms with E-state index in [-0.39, 0.29) is 55.1 Å². The van der Waals surface area contributed by atoms with Crippen molar-refractivity contribution in [1.29, 1.82) is 0 Å². The molecule has 2 atom stereocenters. The van der Waals surface area contributed by atoms with Crippen molar-refractivity contribution in [3.8, 4) is 0 Å². The summed E-state index contributed by atoms with van der Waals surface area (Å²) in [4.78, 5) is 30.5. The lowest BCUT2D eigenvalue weighted by molar-refractivity contribution is -0.134. The van der Waals surface area contributed by atoms with Crippen LogP contribution in [0.5, 0.6) is 0 Å². The Hall–Kier alpha value is -1.31. The van der Waals surface area contributed by atoms with E-state index in [0.717, 1.165) is 31.6 Å². The van der Waals surface area contributed by atoms with E-state index >= 15 is 0 Å². The highest BCUT2D eigenvalue weighted by molar-refractivity contribution is 5.87. The molecule has 2 rings (SSSR count). The predicted octanol–water partition coefficient (Wildman–Crippen LogP) is 1.55. The molecule has 150 valence electrons. The Morgan fingerprint density at radius 1 is 1.38 bits per heavy atom. The van der Waals surface area contributed by atoms with E-state index in [1.165, 1.54) is 0 Å². The minimum atomic E-state index is -0.579. The number of carbonyl (C=O) groups excluding carboxylic acids is 2. The first-order chi connectivity index (χ1) is 11.4. The van der Waals surface area contributed by atoms with Crippen molar-refractivity contribution in [2.45, 2.75) is 52.1 Å². The number of aryl methyl sites for hydroxylation is 1. The second-order valence-electron chi connectivity index (χ2n) is 6.73. The highest BCUT2D eigenvalue weighted by Crippen LogP contribution is 2.23. The summed E-state index contributed by atoms with van der Waals surface area (Å²) in [6.07, 6.45) is 6.67. The van der Waals surface area contributed by atoms with Crippen molar-refractivity contribution in [1.82, 2.24) is 19.8 Å². The Morgan fingerprint density at radius 3 is 2.69 bits per heavy atom. The van der Waals surface area contributed by atoms with Crippen molar-refractivity contribution in [2.24, 2.45) is 11.7 Å². The van der Waals surface area contributed by atoms with Crippen LogP contribution in [-0.2, 0) is 16.0 Å². The van der Waals surface area contributed by atoms with E-state index in [1.54, 1.807) is 0 Å². The maximum Gasteiger partial charge on any atom is 0.242 e. The van der Waals surface area contributed by atoms with Crippen LogP contribution in [0.4, 0.5) is 0 Å². The molecule has 26 heavy (non-hydrogen) atoms. The van der Waals surface area contributed by atoms with Crippen LogP contribution < -0.4 is 11.1 Å². The molecule has 0 aromatic carbocycles. The van der Waals surface area contributed by atoms with Crippen molar-refractivity contribution >= 4 is 36.6 Å². The monoisotopic (exact) mass is 407 g/mol. The second kappa shape index (κ2) is 11.4. The number of carbonyl (C=O) groups is 2. The van der Waals surface area contributed by atoms with Crippen LogP contribution in [-0.4, -0.2) is 51.9 Å². The number of halogens is 2. The normalized spacial score (nSPS) is 17.9. The lowest BCUT2D eigenvalue weighted by Crippen LogP contribution is -2.49. The van der Waals surface area contributed by atoms with Gasteiger partial charge < -0.3 is 20.5 Å². The fraction of sp³-hybridized carbons (Fsp3) is 0.706. The first-order valence-corrected chi connectivity index (χ1v) is 8.76. The number of hydrogen-bond donors (Lipinski definition) is 2. The first-order valence-electron chi connectivity index (χ1n) is 8.76. The molecule has 1 aromatic heterocycles. The summed E-state index contributed by atoms with van der Waals surface area (Å²) in [5, 5.41) is 2.66. The van der Waals surface area contributed by atoms with Crippen molar-refractivity contribution < 1.29 is 9.59 Å². The van der Waals surface area contributed by atoms with Gasteiger partial charge in [-0.05, 0) is 18.8 Å². The Balaban J connectivity index is 0.00000312. The summed E-state index contributed by atoms with van der Waals surface area (Å²) in [6, 6.07) is -0.321. The van der Waals surface area contributed by atoms with E-state index in [1.807, 2.05) is 31.1 Å². The Labute approximate surface area is 167 Å². The molecule has 1 saturated heterocycles. The zero-order valence-electron chi connectivity index (χ0n) is 15.7. The molecular formula is C17H31Cl2N5O2. The largest absolute Gasteiger partial charge is 0.346 e. The predicted molar refractivity (Wildman–Crippen MR) is 107 cm³/mol. The summed E-state index contributed by atoms with van der Waals surface area (Å²) >= 11 is 0. The third-order valence-corrected chi connectivity index (χ3v) is 4.64. The van der Waals surface area contributed by atoms with Crippen LogP contribution >= 0.6 is 24.8 Å². The summed E-state index contributed by atoms with van der Waals surface area (Å²) in [5.74, 6) is 0.774. The topological polar surface area (TPSA) is 93.2 Å². The van der Waals surface area contributed by atoms with Crippen LogP contribution in [0, 0.1) is 5.92 Å². The molecule has 0 bridgehead atoms. The number of hydrogen-bond acceptors (Lipinski definition) is 4. The zero-order chi connectivity index (χ0) is 17.7. The number of aromatic nitrogens is 2. The molecule has 2 amide bonds. The average molecular weight is 408 g/mol. The second-order valence-corrected chi connectivity index (χ2v) is 6.73. The smallest absolute Gasteiger partial charge is 0.242 e. The van der Waals surface area contributed by atoms with E-state index in [9.17, 15) is 9.59 Å². The van der Waals surface area contributed by atoms with Gasteiger partial charge in [0.1, 0.15) is 5.82 Å². The number of likely N-dealkylation sites (tertiary alicyclic amines) is 1. The van der Waals surface area contributed by atoms with Gasteiger partial charge in [-0.1, -0.05) is 20.8 Å². The fourth-order valence-electron chi connectivity index (χ4n) is 3.05. The summed E-state index contributed by atoms with van der Waals surface area (Å²) in [6.45, 7) is 7.26. The minimum absolute atomic E-state index is 0. The molecule has 1 aliphatic heterocycles. The van der Waals surface area contributed by atoms with Crippen LogP contribution in [0.15, 0.2) is 12.4 Å². The maximum atomic E-state index is 12.4. The molecule has 1 aromatic rings. The molecule has 1 fully saturated rings. The molecule has 1 aliphatic rings. The number of rotatable bonds is 6. The van der Waals surface area contributed by atoms with Gasteiger partial charge in [-0.3, -0.25) is 9.59 Å². The van der Waals surface area contributed by atoms with Gasteiger partial charge in [0.25, 0.3) is 0 Å². The molecule has 0 saturated carbocycles. The molecule has 9 heteroatoms. The lowest BCUT2D eigenvalue weighted by atomic mass is 10.0. The van der Waals surface area contributed by atoms with Gasteiger partial charge >= 0.3 is 0 Å². The molecule has 2 heterocycles. The highest BCUT2D eigenvalue weighted by atomic mass is 35.5. The Bertz CT molecular complexity index is 579. The van der Waals surface area contributed by atoms with Gasteiger partial charge in [0.15, 0.2) is 0 Å². The van der Waals surface area contributed by atoms with Gasteiger partial charge in [0, 0.05) is 31.9 Å². The fourth-order valence-corrected chi connectivity index (χ4v) is 3.05. The van der Waals surface area contributed by atoms with Gasteiger partial charge in [0.2, 0.25) is 11.8 Å². The van der Waals surface area contributed by atoms with Crippen LogP contribution in [0.1, 0.15) is 45.5 Å². The third kappa shape index (κ3) is 6.14. The molecule has 0 spiro atoms.